The van der Waals surface area contributed by atoms with Gasteiger partial charge in [0.2, 0.25) is 5.82 Å². The third-order valence-corrected chi connectivity index (χ3v) is 3.63. The van der Waals surface area contributed by atoms with Crippen molar-refractivity contribution < 1.29 is 14.4 Å². The quantitative estimate of drug-likeness (QED) is 0.283. The predicted octanol–water partition coefficient (Wildman–Crippen LogP) is 4.16. The summed E-state index contributed by atoms with van der Waals surface area (Å²) in [5.74, 6) is 1.18. The molecular formula is C17H17BrN4O4. The van der Waals surface area contributed by atoms with Gasteiger partial charge >= 0.3 is 5.69 Å². The van der Waals surface area contributed by atoms with Crippen LogP contribution in [0, 0.1) is 10.1 Å². The summed E-state index contributed by atoms with van der Waals surface area (Å²) in [6.45, 7) is 6.30. The van der Waals surface area contributed by atoms with E-state index >= 15 is 0 Å². The second kappa shape index (κ2) is 9.52. The van der Waals surface area contributed by atoms with Crippen LogP contribution in [0.25, 0.3) is 0 Å². The highest BCUT2D eigenvalue weighted by Gasteiger charge is 2.14. The van der Waals surface area contributed by atoms with Gasteiger partial charge in [-0.3, -0.25) is 15.5 Å². The summed E-state index contributed by atoms with van der Waals surface area (Å²) in [6, 6.07) is 6.38. The smallest absolute Gasteiger partial charge is 0.313 e. The van der Waals surface area contributed by atoms with Gasteiger partial charge in [-0.1, -0.05) is 12.7 Å². The fourth-order valence-corrected chi connectivity index (χ4v) is 2.58. The third-order valence-electron chi connectivity index (χ3n) is 3.04. The topological polar surface area (TPSA) is 98.9 Å². The van der Waals surface area contributed by atoms with E-state index in [1.54, 1.807) is 18.2 Å². The molecule has 0 aliphatic rings. The Kier molecular flexibility index (Phi) is 7.10. The van der Waals surface area contributed by atoms with Gasteiger partial charge in [-0.05, 0) is 46.6 Å². The van der Waals surface area contributed by atoms with Gasteiger partial charge < -0.3 is 9.47 Å². The summed E-state index contributed by atoms with van der Waals surface area (Å²) >= 11 is 3.44. The predicted molar refractivity (Wildman–Crippen MR) is 103 cm³/mol. The lowest BCUT2D eigenvalue weighted by Gasteiger charge is -2.13. The summed E-state index contributed by atoms with van der Waals surface area (Å²) in [7, 11) is 0. The van der Waals surface area contributed by atoms with Crippen molar-refractivity contribution in [1.82, 2.24) is 4.98 Å². The Morgan fingerprint density at radius 2 is 2.27 bits per heavy atom. The molecule has 9 heteroatoms. The second-order valence-electron chi connectivity index (χ2n) is 4.86. The average Bonchev–Trinajstić information content (AvgIpc) is 2.61. The van der Waals surface area contributed by atoms with Crippen molar-refractivity contribution >= 4 is 33.6 Å². The maximum atomic E-state index is 11.0. The molecule has 0 aliphatic carbocycles. The van der Waals surface area contributed by atoms with Gasteiger partial charge in [0.1, 0.15) is 6.61 Å². The largest absolute Gasteiger partial charge is 0.490 e. The van der Waals surface area contributed by atoms with Gasteiger partial charge in [-0.25, -0.2) is 4.98 Å². The van der Waals surface area contributed by atoms with E-state index in [-0.39, 0.29) is 11.5 Å². The van der Waals surface area contributed by atoms with Crippen LogP contribution in [0.5, 0.6) is 11.5 Å². The van der Waals surface area contributed by atoms with Crippen LogP contribution in [0.4, 0.5) is 11.5 Å². The van der Waals surface area contributed by atoms with Crippen LogP contribution in [-0.4, -0.2) is 29.3 Å². The maximum absolute atomic E-state index is 11.0. The van der Waals surface area contributed by atoms with Crippen LogP contribution < -0.4 is 14.9 Å². The van der Waals surface area contributed by atoms with E-state index in [9.17, 15) is 10.1 Å². The molecule has 0 spiro atoms. The number of hydrogen-bond donors (Lipinski definition) is 1. The number of nitrogens with one attached hydrogen (secondary N) is 1. The summed E-state index contributed by atoms with van der Waals surface area (Å²) in [6.07, 6.45) is 4.59. The van der Waals surface area contributed by atoms with Crippen molar-refractivity contribution in [2.24, 2.45) is 5.10 Å². The van der Waals surface area contributed by atoms with E-state index in [4.69, 9.17) is 9.47 Å². The van der Waals surface area contributed by atoms with E-state index in [2.05, 4.69) is 38.0 Å². The van der Waals surface area contributed by atoms with E-state index < -0.39 is 4.92 Å². The molecule has 2 aromatic rings. The van der Waals surface area contributed by atoms with Gasteiger partial charge in [0.15, 0.2) is 11.5 Å². The fourth-order valence-electron chi connectivity index (χ4n) is 2.01. The molecule has 26 heavy (non-hydrogen) atoms. The van der Waals surface area contributed by atoms with E-state index in [0.717, 1.165) is 0 Å². The molecule has 0 saturated heterocycles. The molecule has 0 aliphatic heterocycles. The number of anilines is 1. The molecule has 2 rings (SSSR count). The molecule has 8 nitrogen and oxygen atoms in total. The minimum absolute atomic E-state index is 0.0591. The number of aromatic nitrogens is 1. The Balaban J connectivity index is 2.22. The molecule has 0 amide bonds. The first-order chi connectivity index (χ1) is 12.6. The van der Waals surface area contributed by atoms with Crippen molar-refractivity contribution in [1.29, 1.82) is 0 Å². The van der Waals surface area contributed by atoms with E-state index in [0.29, 0.717) is 34.7 Å². The van der Waals surface area contributed by atoms with Gasteiger partial charge in [0, 0.05) is 12.3 Å². The van der Waals surface area contributed by atoms with Crippen LogP contribution in [0.2, 0.25) is 0 Å². The summed E-state index contributed by atoms with van der Waals surface area (Å²) in [4.78, 5) is 14.4. The number of pyridine rings is 1. The lowest BCUT2D eigenvalue weighted by molar-refractivity contribution is -0.384. The Morgan fingerprint density at radius 3 is 2.96 bits per heavy atom. The highest BCUT2D eigenvalue weighted by molar-refractivity contribution is 9.10. The number of halogens is 1. The van der Waals surface area contributed by atoms with Crippen molar-refractivity contribution in [2.75, 3.05) is 18.6 Å². The van der Waals surface area contributed by atoms with Crippen LogP contribution in [-0.2, 0) is 0 Å². The Bertz CT molecular complexity index is 826. The van der Waals surface area contributed by atoms with Gasteiger partial charge in [0.25, 0.3) is 0 Å². The number of ether oxygens (including phenoxy) is 2. The summed E-state index contributed by atoms with van der Waals surface area (Å²) in [5.41, 5.74) is 3.13. The molecule has 136 valence electrons. The van der Waals surface area contributed by atoms with Gasteiger partial charge in [-0.2, -0.15) is 5.10 Å². The number of benzene rings is 1. The lowest BCUT2D eigenvalue weighted by Crippen LogP contribution is -2.02. The molecule has 1 heterocycles. The molecule has 0 atom stereocenters. The number of nitrogens with zero attached hydrogens (tertiary/aromatic N) is 3. The fraction of sp³-hybridized carbons (Fsp3) is 0.176. The average molecular weight is 421 g/mol. The monoisotopic (exact) mass is 420 g/mol. The zero-order chi connectivity index (χ0) is 18.9. The molecule has 0 unspecified atom stereocenters. The zero-order valence-corrected chi connectivity index (χ0v) is 15.6. The molecule has 0 saturated carbocycles. The van der Waals surface area contributed by atoms with Crippen LogP contribution in [0.3, 0.4) is 0 Å². The third kappa shape index (κ3) is 5.03. The van der Waals surface area contributed by atoms with Crippen molar-refractivity contribution in [3.05, 3.63) is 63.3 Å². The lowest BCUT2D eigenvalue weighted by atomic mass is 10.2. The highest BCUT2D eigenvalue weighted by atomic mass is 79.9. The molecule has 1 N–H and O–H groups in total. The van der Waals surface area contributed by atoms with E-state index in [1.807, 2.05) is 6.92 Å². The Labute approximate surface area is 158 Å². The summed E-state index contributed by atoms with van der Waals surface area (Å²) < 4.78 is 11.9. The molecule has 1 aromatic carbocycles. The highest BCUT2D eigenvalue weighted by Crippen LogP contribution is 2.36. The standard InChI is InChI=1S/C17H17BrN4O4/c1-3-8-26-16-13(18)9-12(10-15(16)25-4-2)11-20-21-17-14(22(23)24)6-5-7-19-17/h3,5-7,9-11H,1,4,8H2,2H3,(H,19,21)/b20-11-. The number of rotatable bonds is 9. The van der Waals surface area contributed by atoms with Crippen LogP contribution >= 0.6 is 15.9 Å². The normalized spacial score (nSPS) is 10.5. The Hall–Kier alpha value is -2.94. The minimum Gasteiger partial charge on any atom is -0.490 e. The van der Waals surface area contributed by atoms with Crippen LogP contribution in [0.1, 0.15) is 12.5 Å². The first kappa shape index (κ1) is 19.4. The van der Waals surface area contributed by atoms with Gasteiger partial charge in [-0.15, -0.1) is 0 Å². The maximum Gasteiger partial charge on any atom is 0.313 e. The molecule has 0 bridgehead atoms. The van der Waals surface area contributed by atoms with Crippen molar-refractivity contribution in [2.45, 2.75) is 6.92 Å². The molecule has 0 fully saturated rings. The molecular weight excluding hydrogens is 404 g/mol. The zero-order valence-electron chi connectivity index (χ0n) is 14.0. The van der Waals surface area contributed by atoms with Crippen molar-refractivity contribution in [3.8, 4) is 11.5 Å². The SMILES string of the molecule is C=CCOc1c(Br)cc(/C=N\Nc2ncccc2[N+](=O)[O-])cc1OCC. The van der Waals surface area contributed by atoms with Crippen LogP contribution in [0.15, 0.2) is 52.7 Å². The van der Waals surface area contributed by atoms with E-state index in [1.165, 1.54) is 24.5 Å². The molecule has 0 radical (unpaired) electrons. The minimum atomic E-state index is -0.527. The summed E-state index contributed by atoms with van der Waals surface area (Å²) in [5, 5.41) is 15.0. The Morgan fingerprint density at radius 1 is 1.46 bits per heavy atom. The first-order valence-electron chi connectivity index (χ1n) is 7.65. The number of hydrazone groups is 1. The van der Waals surface area contributed by atoms with Crippen molar-refractivity contribution in [3.63, 3.8) is 0 Å². The number of hydrogen-bond acceptors (Lipinski definition) is 7. The second-order valence-corrected chi connectivity index (χ2v) is 5.72. The number of nitro groups is 1. The van der Waals surface area contributed by atoms with Gasteiger partial charge in [0.05, 0.1) is 22.2 Å². The first-order valence-corrected chi connectivity index (χ1v) is 8.44. The molecule has 1 aromatic heterocycles.